The summed E-state index contributed by atoms with van der Waals surface area (Å²) in [5.41, 5.74) is 0.124. The third-order valence-electron chi connectivity index (χ3n) is 7.74. The first-order valence-corrected chi connectivity index (χ1v) is 14.3. The van der Waals surface area contributed by atoms with Crippen molar-refractivity contribution in [3.8, 4) is 0 Å². The molecule has 1 heterocycles. The Bertz CT molecular complexity index is 442. The van der Waals surface area contributed by atoms with E-state index in [-0.39, 0.29) is 5.60 Å². The molecular weight excluding hydrogens is 396 g/mol. The van der Waals surface area contributed by atoms with Gasteiger partial charge in [0.25, 0.3) is 0 Å². The molecule has 188 valence electrons. The molecule has 32 heavy (non-hydrogen) atoms. The lowest BCUT2D eigenvalue weighted by molar-refractivity contribution is -0.114. The Morgan fingerprint density at radius 1 is 0.812 bits per heavy atom. The summed E-state index contributed by atoms with van der Waals surface area (Å²) in [6.45, 7) is 8.48. The van der Waals surface area contributed by atoms with Gasteiger partial charge in [-0.05, 0) is 38.0 Å². The second-order valence-corrected chi connectivity index (χ2v) is 10.4. The van der Waals surface area contributed by atoms with Crippen molar-refractivity contribution in [2.75, 3.05) is 19.8 Å². The second kappa shape index (κ2) is 17.9. The monoisotopic (exact) mass is 450 g/mol. The Balaban J connectivity index is 1.77. The van der Waals surface area contributed by atoms with Gasteiger partial charge in [0.05, 0.1) is 31.7 Å². The number of epoxide rings is 1. The molecule has 0 bridgehead atoms. The molecule has 1 aliphatic carbocycles. The van der Waals surface area contributed by atoms with E-state index < -0.39 is 0 Å². The Morgan fingerprint density at radius 3 is 1.94 bits per heavy atom. The SMILES string of the molecule is C=COCCCCCCCCCC(CCCCCCCC)(OCC1CO1)C1CCCCC1. The summed E-state index contributed by atoms with van der Waals surface area (Å²) in [4.78, 5) is 0. The van der Waals surface area contributed by atoms with Crippen LogP contribution in [0.2, 0.25) is 0 Å². The standard InChI is InChI=1S/C29H54O3/c1-3-5-6-7-11-17-22-29(32-26-28-25-31-28,27-20-15-14-16-21-27)23-18-12-9-8-10-13-19-24-30-4-2/h4,27-28H,2-3,5-26H2,1H3. The van der Waals surface area contributed by atoms with Crippen molar-refractivity contribution in [2.45, 2.75) is 147 Å². The topological polar surface area (TPSA) is 31.0 Å². The number of hydrogen-bond acceptors (Lipinski definition) is 3. The number of ether oxygens (including phenoxy) is 3. The molecule has 0 aromatic carbocycles. The fraction of sp³-hybridized carbons (Fsp3) is 0.931. The van der Waals surface area contributed by atoms with Crippen LogP contribution in [0.4, 0.5) is 0 Å². The number of rotatable bonds is 22. The zero-order chi connectivity index (χ0) is 22.7. The summed E-state index contributed by atoms with van der Waals surface area (Å²) in [7, 11) is 0. The van der Waals surface area contributed by atoms with Crippen LogP contribution in [0, 0.1) is 5.92 Å². The molecule has 2 fully saturated rings. The fourth-order valence-electron chi connectivity index (χ4n) is 5.63. The largest absolute Gasteiger partial charge is 0.502 e. The van der Waals surface area contributed by atoms with Gasteiger partial charge in [-0.1, -0.05) is 110 Å². The Hall–Kier alpha value is -0.540. The van der Waals surface area contributed by atoms with E-state index in [1.165, 1.54) is 122 Å². The third-order valence-corrected chi connectivity index (χ3v) is 7.74. The van der Waals surface area contributed by atoms with Gasteiger partial charge >= 0.3 is 0 Å². The maximum Gasteiger partial charge on any atom is 0.104 e. The van der Waals surface area contributed by atoms with Gasteiger partial charge in [0, 0.05) is 0 Å². The Labute approximate surface area is 200 Å². The molecule has 3 nitrogen and oxygen atoms in total. The van der Waals surface area contributed by atoms with Gasteiger partial charge in [0.2, 0.25) is 0 Å². The van der Waals surface area contributed by atoms with Gasteiger partial charge in [-0.25, -0.2) is 0 Å². The second-order valence-electron chi connectivity index (χ2n) is 10.4. The lowest BCUT2D eigenvalue weighted by atomic mass is 9.71. The van der Waals surface area contributed by atoms with Crippen molar-refractivity contribution in [1.29, 1.82) is 0 Å². The van der Waals surface area contributed by atoms with Gasteiger partial charge in [-0.15, -0.1) is 0 Å². The molecule has 2 rings (SSSR count). The molecule has 2 atom stereocenters. The zero-order valence-corrected chi connectivity index (χ0v) is 21.4. The summed E-state index contributed by atoms with van der Waals surface area (Å²) in [6, 6.07) is 0. The van der Waals surface area contributed by atoms with E-state index in [1.54, 1.807) is 6.26 Å². The Kier molecular flexibility index (Phi) is 15.5. The highest BCUT2D eigenvalue weighted by molar-refractivity contribution is 4.91. The molecule has 0 radical (unpaired) electrons. The van der Waals surface area contributed by atoms with Gasteiger partial charge in [-0.3, -0.25) is 0 Å². The van der Waals surface area contributed by atoms with Gasteiger partial charge < -0.3 is 14.2 Å². The molecule has 2 aliphatic rings. The first-order valence-electron chi connectivity index (χ1n) is 14.3. The van der Waals surface area contributed by atoms with Gasteiger partial charge in [0.15, 0.2) is 0 Å². The minimum atomic E-state index is 0.124. The molecule has 0 aromatic rings. The van der Waals surface area contributed by atoms with Crippen LogP contribution in [-0.2, 0) is 14.2 Å². The van der Waals surface area contributed by atoms with Crippen molar-refractivity contribution in [3.05, 3.63) is 12.8 Å². The van der Waals surface area contributed by atoms with E-state index in [0.29, 0.717) is 6.10 Å². The van der Waals surface area contributed by atoms with Crippen LogP contribution < -0.4 is 0 Å². The Morgan fingerprint density at radius 2 is 1.38 bits per heavy atom. The normalized spacial score (nSPS) is 20.7. The fourth-order valence-corrected chi connectivity index (χ4v) is 5.63. The van der Waals surface area contributed by atoms with E-state index in [2.05, 4.69) is 13.5 Å². The minimum absolute atomic E-state index is 0.124. The molecule has 1 saturated carbocycles. The highest BCUT2D eigenvalue weighted by Crippen LogP contribution is 2.42. The summed E-state index contributed by atoms with van der Waals surface area (Å²) in [5, 5.41) is 0. The van der Waals surface area contributed by atoms with Crippen LogP contribution >= 0.6 is 0 Å². The average Bonchev–Trinajstić information content (AvgIpc) is 3.66. The highest BCUT2D eigenvalue weighted by Gasteiger charge is 2.40. The van der Waals surface area contributed by atoms with Crippen molar-refractivity contribution >= 4 is 0 Å². The number of unbranched alkanes of at least 4 members (excludes halogenated alkanes) is 11. The number of hydrogen-bond donors (Lipinski definition) is 0. The smallest absolute Gasteiger partial charge is 0.104 e. The first-order chi connectivity index (χ1) is 15.8. The van der Waals surface area contributed by atoms with Crippen LogP contribution in [0.15, 0.2) is 12.8 Å². The maximum absolute atomic E-state index is 6.86. The van der Waals surface area contributed by atoms with Crippen molar-refractivity contribution in [1.82, 2.24) is 0 Å². The first kappa shape index (κ1) is 27.7. The summed E-state index contributed by atoms with van der Waals surface area (Å²) in [6.07, 6.45) is 28.9. The molecule has 3 heteroatoms. The maximum atomic E-state index is 6.86. The van der Waals surface area contributed by atoms with Crippen LogP contribution in [-0.4, -0.2) is 31.5 Å². The lowest BCUT2D eigenvalue weighted by Crippen LogP contribution is -2.43. The third kappa shape index (κ3) is 12.1. The predicted molar refractivity (Wildman–Crippen MR) is 136 cm³/mol. The highest BCUT2D eigenvalue weighted by atomic mass is 16.6. The van der Waals surface area contributed by atoms with E-state index in [1.807, 2.05) is 0 Å². The van der Waals surface area contributed by atoms with Crippen LogP contribution in [0.3, 0.4) is 0 Å². The van der Waals surface area contributed by atoms with Crippen LogP contribution in [0.25, 0.3) is 0 Å². The predicted octanol–water partition coefficient (Wildman–Crippen LogP) is 8.75. The summed E-state index contributed by atoms with van der Waals surface area (Å²) in [5.74, 6) is 0.774. The molecule has 1 aliphatic heterocycles. The molecule has 0 N–H and O–H groups in total. The molecule has 1 saturated heterocycles. The van der Waals surface area contributed by atoms with Gasteiger partial charge in [0.1, 0.15) is 6.10 Å². The van der Waals surface area contributed by atoms with Crippen molar-refractivity contribution in [3.63, 3.8) is 0 Å². The summed E-state index contributed by atoms with van der Waals surface area (Å²) >= 11 is 0. The lowest BCUT2D eigenvalue weighted by Gasteiger charge is -2.43. The summed E-state index contributed by atoms with van der Waals surface area (Å²) < 4.78 is 17.6. The van der Waals surface area contributed by atoms with Crippen molar-refractivity contribution in [2.24, 2.45) is 5.92 Å². The van der Waals surface area contributed by atoms with Crippen LogP contribution in [0.5, 0.6) is 0 Å². The van der Waals surface area contributed by atoms with Gasteiger partial charge in [-0.2, -0.15) is 0 Å². The van der Waals surface area contributed by atoms with E-state index in [4.69, 9.17) is 14.2 Å². The molecule has 2 unspecified atom stereocenters. The quantitative estimate of drug-likeness (QED) is 0.0938. The molecule has 0 amide bonds. The van der Waals surface area contributed by atoms with Crippen molar-refractivity contribution < 1.29 is 14.2 Å². The zero-order valence-electron chi connectivity index (χ0n) is 21.4. The van der Waals surface area contributed by atoms with Crippen LogP contribution in [0.1, 0.15) is 135 Å². The average molecular weight is 451 g/mol. The minimum Gasteiger partial charge on any atom is -0.502 e. The van der Waals surface area contributed by atoms with E-state index >= 15 is 0 Å². The molecule has 0 aromatic heterocycles. The molecular formula is C29H54O3. The molecule has 0 spiro atoms. The van der Waals surface area contributed by atoms with E-state index in [0.717, 1.165) is 32.2 Å². The van der Waals surface area contributed by atoms with E-state index in [9.17, 15) is 0 Å².